The van der Waals surface area contributed by atoms with Crippen molar-refractivity contribution in [3.8, 4) is 0 Å². The van der Waals surface area contributed by atoms with Gasteiger partial charge in [-0.05, 0) is 36.2 Å². The lowest BCUT2D eigenvalue weighted by atomic mass is 10.1. The van der Waals surface area contributed by atoms with Gasteiger partial charge in [0.25, 0.3) is 0 Å². The monoisotopic (exact) mass is 320 g/mol. The Morgan fingerprint density at radius 2 is 1.92 bits per heavy atom. The zero-order valence-corrected chi connectivity index (χ0v) is 13.6. The van der Waals surface area contributed by atoms with Gasteiger partial charge in [-0.25, -0.2) is 4.79 Å². The van der Waals surface area contributed by atoms with Crippen LogP contribution in [0.4, 0.5) is 10.5 Å². The highest BCUT2D eigenvalue weighted by molar-refractivity contribution is 5.89. The van der Waals surface area contributed by atoms with Crippen molar-refractivity contribution in [1.29, 1.82) is 0 Å². The molecule has 0 spiro atoms. The third-order valence-electron chi connectivity index (χ3n) is 3.66. The van der Waals surface area contributed by atoms with E-state index in [4.69, 9.17) is 0 Å². The molecule has 0 saturated heterocycles. The van der Waals surface area contributed by atoms with E-state index in [1.807, 2.05) is 72.4 Å². The lowest BCUT2D eigenvalue weighted by Gasteiger charge is -2.09. The molecule has 5 nitrogen and oxygen atoms in total. The molecule has 2 N–H and O–H groups in total. The number of hydrogen-bond acceptors (Lipinski definition) is 2. The molecule has 1 aromatic heterocycles. The predicted molar refractivity (Wildman–Crippen MR) is 94.8 cm³/mol. The first-order valence-electron chi connectivity index (χ1n) is 7.86. The number of aryl methyl sites for hydroxylation is 1. The summed E-state index contributed by atoms with van der Waals surface area (Å²) in [6.45, 7) is 3.22. The van der Waals surface area contributed by atoms with Crippen molar-refractivity contribution in [2.45, 2.75) is 20.0 Å². The SMILES string of the molecule is Cc1ccc(CNC(=O)Nc2cccc(Cn3cccn3)c2)cc1. The van der Waals surface area contributed by atoms with Crippen molar-refractivity contribution in [3.63, 3.8) is 0 Å². The largest absolute Gasteiger partial charge is 0.334 e. The Kier molecular flexibility index (Phi) is 4.91. The first-order chi connectivity index (χ1) is 11.7. The van der Waals surface area contributed by atoms with Gasteiger partial charge >= 0.3 is 6.03 Å². The second-order valence-electron chi connectivity index (χ2n) is 5.70. The summed E-state index contributed by atoms with van der Waals surface area (Å²) < 4.78 is 1.84. The minimum Gasteiger partial charge on any atom is -0.334 e. The Morgan fingerprint density at radius 3 is 2.67 bits per heavy atom. The highest BCUT2D eigenvalue weighted by Gasteiger charge is 2.03. The number of benzene rings is 2. The van der Waals surface area contributed by atoms with Crippen LogP contribution in [0.3, 0.4) is 0 Å². The van der Waals surface area contributed by atoms with E-state index in [0.717, 1.165) is 16.8 Å². The number of nitrogens with one attached hydrogen (secondary N) is 2. The fraction of sp³-hybridized carbons (Fsp3) is 0.158. The van der Waals surface area contributed by atoms with E-state index < -0.39 is 0 Å². The molecule has 0 aliphatic heterocycles. The number of aromatic nitrogens is 2. The summed E-state index contributed by atoms with van der Waals surface area (Å²) in [4.78, 5) is 12.0. The third kappa shape index (κ3) is 4.46. The summed E-state index contributed by atoms with van der Waals surface area (Å²) in [5, 5.41) is 9.92. The number of rotatable bonds is 5. The molecule has 0 bridgehead atoms. The number of amides is 2. The first kappa shape index (κ1) is 15.8. The highest BCUT2D eigenvalue weighted by atomic mass is 16.2. The first-order valence-corrected chi connectivity index (χ1v) is 7.86. The molecule has 0 fully saturated rings. The van der Waals surface area contributed by atoms with Crippen molar-refractivity contribution in [2.24, 2.45) is 0 Å². The van der Waals surface area contributed by atoms with Crippen molar-refractivity contribution >= 4 is 11.7 Å². The van der Waals surface area contributed by atoms with Gasteiger partial charge in [0.05, 0.1) is 6.54 Å². The van der Waals surface area contributed by atoms with E-state index in [-0.39, 0.29) is 6.03 Å². The van der Waals surface area contributed by atoms with E-state index in [2.05, 4.69) is 15.7 Å². The van der Waals surface area contributed by atoms with Gasteiger partial charge in [0, 0.05) is 24.6 Å². The minimum absolute atomic E-state index is 0.216. The van der Waals surface area contributed by atoms with E-state index in [1.165, 1.54) is 5.56 Å². The molecule has 2 aromatic carbocycles. The topological polar surface area (TPSA) is 59.0 Å². The van der Waals surface area contributed by atoms with Gasteiger partial charge in [-0.15, -0.1) is 0 Å². The number of carbonyl (C=O) groups excluding carboxylic acids is 1. The maximum Gasteiger partial charge on any atom is 0.319 e. The van der Waals surface area contributed by atoms with E-state index in [9.17, 15) is 4.79 Å². The van der Waals surface area contributed by atoms with Crippen molar-refractivity contribution in [2.75, 3.05) is 5.32 Å². The summed E-state index contributed by atoms with van der Waals surface area (Å²) >= 11 is 0. The fourth-order valence-electron chi connectivity index (χ4n) is 2.39. The average molecular weight is 320 g/mol. The number of hydrogen-bond donors (Lipinski definition) is 2. The van der Waals surface area contributed by atoms with Crippen LogP contribution in [0.2, 0.25) is 0 Å². The van der Waals surface area contributed by atoms with Crippen LogP contribution in [0.1, 0.15) is 16.7 Å². The quantitative estimate of drug-likeness (QED) is 0.755. The molecular formula is C19H20N4O. The second-order valence-corrected chi connectivity index (χ2v) is 5.70. The maximum absolute atomic E-state index is 12.0. The number of carbonyl (C=O) groups is 1. The molecule has 5 heteroatoms. The molecule has 0 atom stereocenters. The Bertz CT molecular complexity index is 794. The molecule has 3 aromatic rings. The molecule has 3 rings (SSSR count). The lowest BCUT2D eigenvalue weighted by Crippen LogP contribution is -2.28. The second kappa shape index (κ2) is 7.46. The smallest absolute Gasteiger partial charge is 0.319 e. The number of nitrogens with zero attached hydrogens (tertiary/aromatic N) is 2. The van der Waals surface area contributed by atoms with Crippen LogP contribution in [0.25, 0.3) is 0 Å². The molecule has 0 saturated carbocycles. The van der Waals surface area contributed by atoms with Gasteiger partial charge in [-0.1, -0.05) is 42.0 Å². The Labute approximate surface area is 141 Å². The van der Waals surface area contributed by atoms with Crippen LogP contribution < -0.4 is 10.6 Å². The Balaban J connectivity index is 1.55. The van der Waals surface area contributed by atoms with Gasteiger partial charge in [0.1, 0.15) is 0 Å². The highest BCUT2D eigenvalue weighted by Crippen LogP contribution is 2.12. The molecule has 2 amide bonds. The van der Waals surface area contributed by atoms with Gasteiger partial charge < -0.3 is 10.6 Å². The van der Waals surface area contributed by atoms with Gasteiger partial charge in [0.2, 0.25) is 0 Å². The molecule has 0 unspecified atom stereocenters. The average Bonchev–Trinajstić information content (AvgIpc) is 3.08. The summed E-state index contributed by atoms with van der Waals surface area (Å²) in [6.07, 6.45) is 3.66. The zero-order valence-electron chi connectivity index (χ0n) is 13.6. The standard InChI is InChI=1S/C19H20N4O/c1-15-6-8-16(9-7-15)13-20-19(24)22-18-5-2-4-17(12-18)14-23-11-3-10-21-23/h2-12H,13-14H2,1H3,(H2,20,22,24). The van der Waals surface area contributed by atoms with Crippen molar-refractivity contribution in [3.05, 3.63) is 83.7 Å². The van der Waals surface area contributed by atoms with Crippen LogP contribution in [-0.4, -0.2) is 15.8 Å². The van der Waals surface area contributed by atoms with Gasteiger partial charge in [0.15, 0.2) is 0 Å². The molecule has 122 valence electrons. The molecule has 1 heterocycles. The number of anilines is 1. The molecule has 0 aliphatic rings. The summed E-state index contributed by atoms with van der Waals surface area (Å²) in [5.41, 5.74) is 4.12. The Hall–Kier alpha value is -3.08. The van der Waals surface area contributed by atoms with Crippen LogP contribution in [0, 0.1) is 6.92 Å². The lowest BCUT2D eigenvalue weighted by molar-refractivity contribution is 0.251. The summed E-state index contributed by atoms with van der Waals surface area (Å²) in [7, 11) is 0. The van der Waals surface area contributed by atoms with Crippen LogP contribution in [0.15, 0.2) is 67.0 Å². The molecule has 24 heavy (non-hydrogen) atoms. The molecule has 0 aliphatic carbocycles. The van der Waals surface area contributed by atoms with Crippen molar-refractivity contribution < 1.29 is 4.79 Å². The van der Waals surface area contributed by atoms with E-state index >= 15 is 0 Å². The minimum atomic E-state index is -0.216. The van der Waals surface area contributed by atoms with Crippen molar-refractivity contribution in [1.82, 2.24) is 15.1 Å². The molecular weight excluding hydrogens is 300 g/mol. The van der Waals surface area contributed by atoms with Crippen LogP contribution in [0.5, 0.6) is 0 Å². The normalized spacial score (nSPS) is 10.4. The fourth-order valence-corrected chi connectivity index (χ4v) is 2.39. The maximum atomic E-state index is 12.0. The summed E-state index contributed by atoms with van der Waals surface area (Å²) in [6, 6.07) is 17.5. The number of urea groups is 1. The van der Waals surface area contributed by atoms with Crippen LogP contribution in [-0.2, 0) is 13.1 Å². The predicted octanol–water partition coefficient (Wildman–Crippen LogP) is 3.56. The summed E-state index contributed by atoms with van der Waals surface area (Å²) in [5.74, 6) is 0. The third-order valence-corrected chi connectivity index (χ3v) is 3.66. The van der Waals surface area contributed by atoms with E-state index in [1.54, 1.807) is 6.20 Å². The van der Waals surface area contributed by atoms with E-state index in [0.29, 0.717) is 13.1 Å². The zero-order chi connectivity index (χ0) is 16.8. The Morgan fingerprint density at radius 1 is 1.08 bits per heavy atom. The van der Waals surface area contributed by atoms with Crippen LogP contribution >= 0.6 is 0 Å². The molecule has 0 radical (unpaired) electrons. The van der Waals surface area contributed by atoms with Gasteiger partial charge in [-0.2, -0.15) is 5.10 Å². The van der Waals surface area contributed by atoms with Gasteiger partial charge in [-0.3, -0.25) is 4.68 Å².